The highest BCUT2D eigenvalue weighted by Crippen LogP contribution is 2.26. The van der Waals surface area contributed by atoms with Crippen LogP contribution in [0, 0.1) is 27.7 Å². The lowest BCUT2D eigenvalue weighted by Crippen LogP contribution is -2.19. The van der Waals surface area contributed by atoms with E-state index >= 15 is 0 Å². The summed E-state index contributed by atoms with van der Waals surface area (Å²) in [6.45, 7) is 5.81. The molecule has 100 valence electrons. The average molecular weight is 258 g/mol. The van der Waals surface area contributed by atoms with Crippen LogP contribution in [0.15, 0.2) is 12.1 Å². The van der Waals surface area contributed by atoms with Gasteiger partial charge in [-0.05, 0) is 19.3 Å². The van der Waals surface area contributed by atoms with Crippen molar-refractivity contribution in [3.63, 3.8) is 0 Å². The molecule has 1 unspecified atom stereocenters. The Balaban J connectivity index is 2.93. The molecular weight excluding hydrogens is 242 g/mol. The zero-order valence-electron chi connectivity index (χ0n) is 10.5. The van der Waals surface area contributed by atoms with E-state index < -0.39 is 22.2 Å². The molecule has 0 aliphatic rings. The molecule has 1 rings (SSSR count). The van der Waals surface area contributed by atoms with Crippen molar-refractivity contribution in [1.82, 2.24) is 0 Å². The topological polar surface area (TPSA) is 55.2 Å². The number of hydrogen-bond donors (Lipinski definition) is 1. The van der Waals surface area contributed by atoms with Gasteiger partial charge < -0.3 is 5.32 Å². The summed E-state index contributed by atoms with van der Waals surface area (Å²) >= 11 is 0. The highest BCUT2D eigenvalue weighted by atomic mass is 19.1. The van der Waals surface area contributed by atoms with Crippen molar-refractivity contribution in [3.8, 4) is 0 Å². The molecule has 0 fully saturated rings. The first-order chi connectivity index (χ1) is 8.31. The van der Waals surface area contributed by atoms with E-state index in [4.69, 9.17) is 0 Å². The number of halogens is 2. The molecule has 0 heterocycles. The van der Waals surface area contributed by atoms with Crippen LogP contribution in [-0.4, -0.2) is 11.0 Å². The lowest BCUT2D eigenvalue weighted by Gasteiger charge is -2.18. The molecule has 1 N–H and O–H groups in total. The van der Waals surface area contributed by atoms with Gasteiger partial charge in [0.15, 0.2) is 11.6 Å². The summed E-state index contributed by atoms with van der Waals surface area (Å²) in [4.78, 5) is 9.61. The fraction of sp³-hybridized carbons (Fsp3) is 0.500. The molecular formula is C12H16F2N2O2. The Bertz CT molecular complexity index is 427. The van der Waals surface area contributed by atoms with Crippen molar-refractivity contribution in [2.75, 3.05) is 5.32 Å². The third-order valence-electron chi connectivity index (χ3n) is 2.45. The van der Waals surface area contributed by atoms with Gasteiger partial charge in [0.1, 0.15) is 5.69 Å². The van der Waals surface area contributed by atoms with Crippen LogP contribution < -0.4 is 5.32 Å². The Morgan fingerprint density at radius 1 is 1.28 bits per heavy atom. The van der Waals surface area contributed by atoms with Crippen LogP contribution in [0.4, 0.5) is 20.2 Å². The Morgan fingerprint density at radius 3 is 2.17 bits per heavy atom. The van der Waals surface area contributed by atoms with E-state index in [2.05, 4.69) is 5.32 Å². The normalized spacial score (nSPS) is 12.6. The van der Waals surface area contributed by atoms with Crippen molar-refractivity contribution in [2.45, 2.75) is 33.2 Å². The smallest absolute Gasteiger partial charge is 0.275 e. The number of nitro groups is 1. The van der Waals surface area contributed by atoms with Crippen molar-refractivity contribution < 1.29 is 13.7 Å². The first-order valence-electron chi connectivity index (χ1n) is 5.71. The van der Waals surface area contributed by atoms with Gasteiger partial charge in [0.25, 0.3) is 5.69 Å². The van der Waals surface area contributed by atoms with Crippen LogP contribution in [0.2, 0.25) is 0 Å². The van der Waals surface area contributed by atoms with Crippen LogP contribution in [0.3, 0.4) is 0 Å². The number of nitrogens with zero attached hydrogens (tertiary/aromatic N) is 1. The maximum atomic E-state index is 13.6. The predicted molar refractivity (Wildman–Crippen MR) is 65.6 cm³/mol. The van der Waals surface area contributed by atoms with E-state index in [-0.39, 0.29) is 11.7 Å². The van der Waals surface area contributed by atoms with Gasteiger partial charge in [-0.25, -0.2) is 8.78 Å². The molecule has 4 nitrogen and oxygen atoms in total. The highest BCUT2D eigenvalue weighted by Gasteiger charge is 2.18. The summed E-state index contributed by atoms with van der Waals surface area (Å²) in [6.07, 6.45) is 0.746. The third kappa shape index (κ3) is 3.65. The molecule has 18 heavy (non-hydrogen) atoms. The van der Waals surface area contributed by atoms with Gasteiger partial charge in [0.2, 0.25) is 0 Å². The zero-order valence-corrected chi connectivity index (χ0v) is 10.5. The monoisotopic (exact) mass is 258 g/mol. The largest absolute Gasteiger partial charge is 0.378 e. The number of benzene rings is 1. The van der Waals surface area contributed by atoms with E-state index in [0.29, 0.717) is 18.1 Å². The van der Waals surface area contributed by atoms with Gasteiger partial charge in [-0.3, -0.25) is 10.1 Å². The molecule has 0 bridgehead atoms. The first-order valence-corrected chi connectivity index (χ1v) is 5.71. The quantitative estimate of drug-likeness (QED) is 0.646. The van der Waals surface area contributed by atoms with E-state index in [1.807, 2.05) is 13.8 Å². The SMILES string of the molecule is CC(C)CC(C)Nc1c(F)cc([N+](=O)[O-])cc1F. The fourth-order valence-electron chi connectivity index (χ4n) is 1.82. The number of nitrogens with one attached hydrogen (secondary N) is 1. The molecule has 1 atom stereocenters. The van der Waals surface area contributed by atoms with Gasteiger partial charge in [0.05, 0.1) is 17.1 Å². The van der Waals surface area contributed by atoms with Gasteiger partial charge in [-0.15, -0.1) is 0 Å². The van der Waals surface area contributed by atoms with Crippen molar-refractivity contribution in [3.05, 3.63) is 33.9 Å². The molecule has 1 aromatic carbocycles. The molecule has 0 saturated heterocycles. The summed E-state index contributed by atoms with van der Waals surface area (Å²) in [6, 6.07) is 1.32. The molecule has 0 aliphatic carbocycles. The summed E-state index contributed by atoms with van der Waals surface area (Å²) < 4.78 is 27.1. The number of nitro benzene ring substituents is 1. The Kier molecular flexibility index (Phi) is 4.58. The molecule has 0 amide bonds. The number of anilines is 1. The maximum absolute atomic E-state index is 13.6. The van der Waals surface area contributed by atoms with Crippen molar-refractivity contribution in [2.24, 2.45) is 5.92 Å². The van der Waals surface area contributed by atoms with Crippen LogP contribution in [0.25, 0.3) is 0 Å². The van der Waals surface area contributed by atoms with E-state index in [0.717, 1.165) is 6.42 Å². The summed E-state index contributed by atoms with van der Waals surface area (Å²) in [5, 5.41) is 13.1. The molecule has 0 saturated carbocycles. The number of rotatable bonds is 5. The maximum Gasteiger partial charge on any atom is 0.275 e. The number of non-ortho nitro benzene ring substituents is 1. The van der Waals surface area contributed by atoms with E-state index in [1.165, 1.54) is 0 Å². The standard InChI is InChI=1S/C12H16F2N2O2/c1-7(2)4-8(3)15-12-10(13)5-9(16(17)18)6-11(12)14/h5-8,15H,4H2,1-3H3. The van der Waals surface area contributed by atoms with E-state index in [9.17, 15) is 18.9 Å². The van der Waals surface area contributed by atoms with Crippen LogP contribution in [-0.2, 0) is 0 Å². The first kappa shape index (κ1) is 14.3. The second-order valence-electron chi connectivity index (χ2n) is 4.72. The Labute approximate surface area is 104 Å². The lowest BCUT2D eigenvalue weighted by atomic mass is 10.0. The summed E-state index contributed by atoms with van der Waals surface area (Å²) in [7, 11) is 0. The van der Waals surface area contributed by atoms with Crippen LogP contribution in [0.1, 0.15) is 27.2 Å². The molecule has 1 aromatic rings. The number of hydrogen-bond acceptors (Lipinski definition) is 3. The summed E-state index contributed by atoms with van der Waals surface area (Å²) in [5.74, 6) is -1.51. The van der Waals surface area contributed by atoms with Gasteiger partial charge in [-0.2, -0.15) is 0 Å². The second kappa shape index (κ2) is 5.75. The lowest BCUT2D eigenvalue weighted by molar-refractivity contribution is -0.385. The second-order valence-corrected chi connectivity index (χ2v) is 4.72. The highest BCUT2D eigenvalue weighted by molar-refractivity contribution is 5.52. The van der Waals surface area contributed by atoms with Crippen molar-refractivity contribution >= 4 is 11.4 Å². The van der Waals surface area contributed by atoms with Gasteiger partial charge in [0, 0.05) is 6.04 Å². The zero-order chi connectivity index (χ0) is 13.9. The molecule has 0 spiro atoms. The summed E-state index contributed by atoms with van der Waals surface area (Å²) in [5.41, 5.74) is -0.902. The van der Waals surface area contributed by atoms with Gasteiger partial charge >= 0.3 is 0 Å². The molecule has 0 aromatic heterocycles. The minimum atomic E-state index is -0.947. The van der Waals surface area contributed by atoms with Crippen LogP contribution in [0.5, 0.6) is 0 Å². The minimum absolute atomic E-state index is 0.115. The third-order valence-corrected chi connectivity index (χ3v) is 2.45. The Hall–Kier alpha value is -1.72. The minimum Gasteiger partial charge on any atom is -0.378 e. The average Bonchev–Trinajstić information content (AvgIpc) is 2.21. The Morgan fingerprint density at radius 2 is 1.78 bits per heavy atom. The van der Waals surface area contributed by atoms with E-state index in [1.54, 1.807) is 6.92 Å². The van der Waals surface area contributed by atoms with Crippen LogP contribution >= 0.6 is 0 Å². The molecule has 6 heteroatoms. The fourth-order valence-corrected chi connectivity index (χ4v) is 1.82. The van der Waals surface area contributed by atoms with Crippen molar-refractivity contribution in [1.29, 1.82) is 0 Å². The predicted octanol–water partition coefficient (Wildman–Crippen LogP) is 3.72. The molecule has 0 aliphatic heterocycles. The van der Waals surface area contributed by atoms with Gasteiger partial charge in [-0.1, -0.05) is 13.8 Å². The molecule has 0 radical (unpaired) electrons.